The molecule has 0 saturated heterocycles. The van der Waals surface area contributed by atoms with Gasteiger partial charge in [0.1, 0.15) is 0 Å². The summed E-state index contributed by atoms with van der Waals surface area (Å²) in [6.07, 6.45) is 4.60. The van der Waals surface area contributed by atoms with Crippen molar-refractivity contribution in [2.24, 2.45) is 0 Å². The second kappa shape index (κ2) is 8.06. The molecule has 0 amide bonds. The molecule has 0 aromatic heterocycles. The molecule has 0 saturated carbocycles. The average molecular weight is 472 g/mol. The third kappa shape index (κ3) is 3.52. The van der Waals surface area contributed by atoms with Crippen LogP contribution in [0.5, 0.6) is 0 Å². The Labute approximate surface area is 170 Å². The third-order valence-electron chi connectivity index (χ3n) is 4.99. The molecular weight excluding hydrogens is 446 g/mol. The molecule has 3 aromatic rings. The Kier molecular flexibility index (Phi) is 5.99. The summed E-state index contributed by atoms with van der Waals surface area (Å²) < 4.78 is -2.58. The van der Waals surface area contributed by atoms with Gasteiger partial charge in [0.25, 0.3) is 0 Å². The van der Waals surface area contributed by atoms with Crippen molar-refractivity contribution < 1.29 is 0 Å². The van der Waals surface area contributed by atoms with Gasteiger partial charge < -0.3 is 0 Å². The van der Waals surface area contributed by atoms with Crippen molar-refractivity contribution in [3.63, 3.8) is 0 Å². The monoisotopic (exact) mass is 472 g/mol. The fraction of sp³-hybridized carbons (Fsp3) is 0.167. The van der Waals surface area contributed by atoms with E-state index < -0.39 is 4.25 Å². The minimum atomic E-state index is -2.58. The van der Waals surface area contributed by atoms with Crippen LogP contribution in [0.4, 0.5) is 0 Å². The molecule has 134 valence electrons. The molecule has 26 heavy (non-hydrogen) atoms. The van der Waals surface area contributed by atoms with Gasteiger partial charge in [0.05, 0.1) is 0 Å². The molecular formula is C24H26IP. The number of rotatable bonds is 6. The van der Waals surface area contributed by atoms with Crippen molar-refractivity contribution in [3.05, 3.63) is 103 Å². The molecule has 0 heterocycles. The average Bonchev–Trinajstić information content (AvgIpc) is 2.70. The third-order valence-corrected chi connectivity index (χ3v) is 16.7. The van der Waals surface area contributed by atoms with Crippen molar-refractivity contribution in [2.45, 2.75) is 20.3 Å². The summed E-state index contributed by atoms with van der Waals surface area (Å²) in [7, 11) is 0. The summed E-state index contributed by atoms with van der Waals surface area (Å²) in [5.74, 6) is 0. The zero-order valence-electron chi connectivity index (χ0n) is 15.5. The van der Waals surface area contributed by atoms with E-state index in [-0.39, 0.29) is 0 Å². The van der Waals surface area contributed by atoms with Gasteiger partial charge in [0.15, 0.2) is 0 Å². The van der Waals surface area contributed by atoms with Gasteiger partial charge in [-0.1, -0.05) is 0 Å². The molecule has 0 atom stereocenters. The van der Waals surface area contributed by atoms with Crippen LogP contribution in [0.15, 0.2) is 103 Å². The maximum atomic E-state index is 2.85. The summed E-state index contributed by atoms with van der Waals surface area (Å²) >= 11 is 2.85. The van der Waals surface area contributed by atoms with Crippen LogP contribution in [0.2, 0.25) is 0 Å². The van der Waals surface area contributed by atoms with E-state index in [0.29, 0.717) is 0 Å². The minimum absolute atomic E-state index is 1.09. The van der Waals surface area contributed by atoms with Crippen LogP contribution in [0, 0.1) is 0 Å². The second-order valence-electron chi connectivity index (χ2n) is 6.98. The van der Waals surface area contributed by atoms with Crippen LogP contribution in [0.1, 0.15) is 20.3 Å². The van der Waals surface area contributed by atoms with E-state index in [4.69, 9.17) is 0 Å². The molecule has 0 fully saturated rings. The topological polar surface area (TPSA) is 0 Å². The number of allylic oxidation sites excluding steroid dienone is 2. The van der Waals surface area contributed by atoms with Crippen LogP contribution in [-0.4, -0.2) is 6.16 Å². The summed E-state index contributed by atoms with van der Waals surface area (Å²) in [4.78, 5) is 0. The van der Waals surface area contributed by atoms with Crippen molar-refractivity contribution >= 4 is 42.2 Å². The first kappa shape index (κ1) is 19.3. The van der Waals surface area contributed by atoms with E-state index >= 15 is 0 Å². The van der Waals surface area contributed by atoms with Crippen LogP contribution >= 0.6 is 26.3 Å². The van der Waals surface area contributed by atoms with E-state index in [1.54, 1.807) is 0 Å². The van der Waals surface area contributed by atoms with Crippen molar-refractivity contribution in [2.75, 3.05) is 6.16 Å². The van der Waals surface area contributed by atoms with E-state index in [0.717, 1.165) is 12.6 Å². The van der Waals surface area contributed by atoms with Gasteiger partial charge in [-0.15, -0.1) is 0 Å². The molecule has 3 aromatic carbocycles. The van der Waals surface area contributed by atoms with Crippen LogP contribution in [0.3, 0.4) is 0 Å². The Hall–Kier alpha value is -1.44. The van der Waals surface area contributed by atoms with Gasteiger partial charge in [-0.25, -0.2) is 0 Å². The predicted octanol–water partition coefficient (Wildman–Crippen LogP) is 6.22. The molecule has 0 N–H and O–H groups in total. The van der Waals surface area contributed by atoms with Crippen molar-refractivity contribution in [3.8, 4) is 0 Å². The first-order chi connectivity index (χ1) is 12.6. The van der Waals surface area contributed by atoms with Crippen LogP contribution in [-0.2, 0) is 0 Å². The molecule has 0 radical (unpaired) electrons. The summed E-state index contributed by atoms with van der Waals surface area (Å²) in [5, 5.41) is 4.37. The quantitative estimate of drug-likeness (QED) is 0.227. The summed E-state index contributed by atoms with van der Waals surface area (Å²) in [5.41, 5.74) is 1.39. The van der Waals surface area contributed by atoms with Crippen molar-refractivity contribution in [1.29, 1.82) is 0 Å². The van der Waals surface area contributed by atoms with Gasteiger partial charge in [-0.05, 0) is 0 Å². The molecule has 0 nitrogen and oxygen atoms in total. The zero-order valence-corrected chi connectivity index (χ0v) is 18.5. The van der Waals surface area contributed by atoms with Gasteiger partial charge in [0, 0.05) is 0 Å². The molecule has 0 unspecified atom stereocenters. The zero-order chi connectivity index (χ0) is 18.5. The van der Waals surface area contributed by atoms with Gasteiger partial charge >= 0.3 is 171 Å². The fourth-order valence-electron chi connectivity index (χ4n) is 3.65. The Morgan fingerprint density at radius 3 is 1.35 bits per heavy atom. The number of hydrogen-bond acceptors (Lipinski definition) is 0. The Morgan fingerprint density at radius 2 is 1.04 bits per heavy atom. The Morgan fingerprint density at radius 1 is 0.692 bits per heavy atom. The van der Waals surface area contributed by atoms with Gasteiger partial charge in [-0.3, -0.25) is 0 Å². The Bertz CT molecular complexity index is 766. The normalized spacial score (nSPS) is 12.8. The SMILES string of the molecule is CC(C)=CCCP(I)(c1ccccc1)(c1ccccc1)c1ccccc1. The van der Waals surface area contributed by atoms with Gasteiger partial charge in [0.2, 0.25) is 0 Å². The second-order valence-corrected chi connectivity index (χ2v) is 17.7. The predicted molar refractivity (Wildman–Crippen MR) is 128 cm³/mol. The van der Waals surface area contributed by atoms with Crippen LogP contribution < -0.4 is 15.9 Å². The number of hydrogen-bond donors (Lipinski definition) is 0. The van der Waals surface area contributed by atoms with E-state index in [9.17, 15) is 0 Å². The first-order valence-electron chi connectivity index (χ1n) is 9.09. The molecule has 0 aliphatic carbocycles. The van der Waals surface area contributed by atoms with Crippen molar-refractivity contribution in [1.82, 2.24) is 0 Å². The Balaban J connectivity index is 2.33. The molecule has 0 aliphatic rings. The molecule has 3 rings (SSSR count). The van der Waals surface area contributed by atoms with E-state index in [1.807, 2.05) is 0 Å². The molecule has 2 heteroatoms. The van der Waals surface area contributed by atoms with E-state index in [1.165, 1.54) is 21.5 Å². The first-order valence-corrected chi connectivity index (χ1v) is 14.3. The molecule has 0 bridgehead atoms. The standard InChI is InChI=1S/C24H26IP/c1-21(2)13-12-20-26(25,22-14-6-3-7-15-22,23-16-8-4-9-17-23)24-18-10-5-11-19-24/h3-11,13-19H,12,20H2,1-2H3. The maximum absolute atomic E-state index is 2.85. The number of halogens is 1. The summed E-state index contributed by atoms with van der Waals surface area (Å²) in [6, 6.07) is 33.4. The fourth-order valence-corrected chi connectivity index (χ4v) is 12.0. The van der Waals surface area contributed by atoms with Crippen LogP contribution in [0.25, 0.3) is 0 Å². The van der Waals surface area contributed by atoms with E-state index in [2.05, 4.69) is 133 Å². The molecule has 0 aliphatic heterocycles. The molecule has 0 spiro atoms. The number of benzene rings is 3. The summed E-state index contributed by atoms with van der Waals surface area (Å²) in [6.45, 7) is 4.38. The van der Waals surface area contributed by atoms with Gasteiger partial charge in [-0.2, -0.15) is 0 Å².